The summed E-state index contributed by atoms with van der Waals surface area (Å²) >= 11 is 0. The molecule has 0 saturated carbocycles. The number of aromatic nitrogens is 1. The van der Waals surface area contributed by atoms with E-state index in [1.807, 2.05) is 23.8 Å². The molecule has 0 radical (unpaired) electrons. The minimum absolute atomic E-state index is 0.101. The number of benzene rings is 2. The lowest BCUT2D eigenvalue weighted by atomic mass is 10.0. The van der Waals surface area contributed by atoms with Crippen molar-refractivity contribution in [1.82, 2.24) is 15.0 Å². The van der Waals surface area contributed by atoms with Crippen LogP contribution in [0.1, 0.15) is 68.5 Å². The van der Waals surface area contributed by atoms with Crippen molar-refractivity contribution >= 4 is 27.8 Å². The highest BCUT2D eigenvalue weighted by atomic mass is 32.2. The van der Waals surface area contributed by atoms with Crippen molar-refractivity contribution in [2.24, 2.45) is 0 Å². The Labute approximate surface area is 239 Å². The molecule has 0 atom stereocenters. The van der Waals surface area contributed by atoms with Crippen molar-refractivity contribution in [3.63, 3.8) is 0 Å². The van der Waals surface area contributed by atoms with Crippen LogP contribution in [-0.2, 0) is 22.9 Å². The summed E-state index contributed by atoms with van der Waals surface area (Å²) in [7, 11) is -1.20. The fourth-order valence-electron chi connectivity index (χ4n) is 4.06. The number of nitrogens with one attached hydrogen (secondary N) is 2. The number of methoxy groups -OCH3 is 2. The maximum absolute atomic E-state index is 12.8. The Balaban J connectivity index is 1.63. The van der Waals surface area contributed by atoms with Gasteiger partial charge in [0.25, 0.3) is 21.8 Å². The maximum Gasteiger partial charge on any atom is 0.266 e. The summed E-state index contributed by atoms with van der Waals surface area (Å²) in [6.45, 7) is 2.32. The molecule has 3 aromatic rings. The number of carboxylic acid groups (broad SMARTS) is 1. The molecule has 2 amide bonds. The molecule has 41 heavy (non-hydrogen) atoms. The maximum atomic E-state index is 12.8. The summed E-state index contributed by atoms with van der Waals surface area (Å²) in [5.41, 5.74) is 1.08. The minimum Gasteiger partial charge on any atom is -0.543 e. The van der Waals surface area contributed by atoms with E-state index in [4.69, 9.17) is 9.47 Å². The number of sulfonamides is 1. The third-order valence-corrected chi connectivity index (χ3v) is 7.62. The summed E-state index contributed by atoms with van der Waals surface area (Å²) in [6, 6.07) is 11.9. The molecule has 0 fully saturated rings. The van der Waals surface area contributed by atoms with Gasteiger partial charge in [-0.1, -0.05) is 25.8 Å². The molecule has 12 heteroatoms. The molecule has 1 heterocycles. The largest absolute Gasteiger partial charge is 0.543 e. The molecular formula is C29H32N3O8S-. The zero-order valence-electron chi connectivity index (χ0n) is 23.1. The van der Waals surface area contributed by atoms with E-state index in [2.05, 4.69) is 10.3 Å². The third-order valence-electron chi connectivity index (χ3n) is 6.27. The van der Waals surface area contributed by atoms with E-state index in [-0.39, 0.29) is 21.7 Å². The number of ether oxygens (including phenoxy) is 2. The van der Waals surface area contributed by atoms with Gasteiger partial charge in [0, 0.05) is 18.3 Å². The van der Waals surface area contributed by atoms with Crippen molar-refractivity contribution in [3.8, 4) is 11.5 Å². The lowest BCUT2D eigenvalue weighted by Gasteiger charge is -2.12. The number of carbonyl (C=O) groups excluding carboxylic acids is 3. The standard InChI is InChI=1S/C29H33N3O8S/c1-4-5-6-7-21-17-22(18-31-26(21)29(35)36)28(34)32-41(37,38)23-11-9-20(10-12-23)27(33)30-15-14-19-8-13-24(39-2)25(16-19)40-3/h8-13,16-18H,4-7,14-15H2,1-3H3,(H,30,33)(H,32,34)(H,35,36)/p-1. The van der Waals surface area contributed by atoms with Gasteiger partial charge in [0.2, 0.25) is 0 Å². The molecule has 0 aliphatic carbocycles. The second-order valence-corrected chi connectivity index (χ2v) is 10.8. The zero-order chi connectivity index (χ0) is 30.0. The number of aryl methyl sites for hydroxylation is 1. The van der Waals surface area contributed by atoms with Crippen molar-refractivity contribution in [2.45, 2.75) is 43.9 Å². The van der Waals surface area contributed by atoms with Crippen LogP contribution >= 0.6 is 0 Å². The molecule has 218 valence electrons. The van der Waals surface area contributed by atoms with Gasteiger partial charge in [0.1, 0.15) is 0 Å². The Kier molecular flexibility index (Phi) is 10.8. The van der Waals surface area contributed by atoms with Gasteiger partial charge in [-0.2, -0.15) is 0 Å². The fraction of sp³-hybridized carbons (Fsp3) is 0.310. The van der Waals surface area contributed by atoms with Crippen LogP contribution in [0, 0.1) is 0 Å². The molecule has 0 bridgehead atoms. The van der Waals surface area contributed by atoms with Gasteiger partial charge in [-0.05, 0) is 72.9 Å². The van der Waals surface area contributed by atoms with E-state index in [0.717, 1.165) is 24.6 Å². The number of hydrogen-bond acceptors (Lipinski definition) is 9. The second kappa shape index (κ2) is 14.3. The summed E-state index contributed by atoms with van der Waals surface area (Å²) in [4.78, 5) is 40.2. The highest BCUT2D eigenvalue weighted by Crippen LogP contribution is 2.27. The van der Waals surface area contributed by atoms with E-state index in [9.17, 15) is 27.9 Å². The number of carbonyl (C=O) groups is 3. The first-order valence-corrected chi connectivity index (χ1v) is 14.4. The normalized spacial score (nSPS) is 11.0. The average molecular weight is 583 g/mol. The number of pyridine rings is 1. The SMILES string of the molecule is CCCCCc1cc(C(=O)NS(=O)(=O)c2ccc(C(=O)NCCc3ccc(OC)c(OC)c3)cc2)cnc1C(=O)[O-]. The molecule has 11 nitrogen and oxygen atoms in total. The highest BCUT2D eigenvalue weighted by Gasteiger charge is 2.21. The van der Waals surface area contributed by atoms with Gasteiger partial charge in [-0.3, -0.25) is 14.6 Å². The van der Waals surface area contributed by atoms with Crippen LogP contribution in [0.4, 0.5) is 0 Å². The van der Waals surface area contributed by atoms with E-state index in [0.29, 0.717) is 42.9 Å². The highest BCUT2D eigenvalue weighted by molar-refractivity contribution is 7.90. The predicted molar refractivity (Wildman–Crippen MR) is 148 cm³/mol. The number of amides is 2. The third kappa shape index (κ3) is 8.27. The summed E-state index contributed by atoms with van der Waals surface area (Å²) in [5, 5.41) is 14.2. The Bertz CT molecular complexity index is 1500. The number of unbranched alkanes of at least 4 members (excludes halogenated alkanes) is 2. The minimum atomic E-state index is -4.29. The molecule has 0 spiro atoms. The molecule has 2 N–H and O–H groups in total. The molecular weight excluding hydrogens is 550 g/mol. The van der Waals surface area contributed by atoms with Crippen molar-refractivity contribution in [3.05, 3.63) is 82.7 Å². The first-order chi connectivity index (χ1) is 19.6. The number of rotatable bonds is 14. The summed E-state index contributed by atoms with van der Waals surface area (Å²) in [5.74, 6) is -1.65. The zero-order valence-corrected chi connectivity index (χ0v) is 23.9. The number of hydrogen-bond donors (Lipinski definition) is 2. The van der Waals surface area contributed by atoms with Crippen LogP contribution in [0.15, 0.2) is 59.6 Å². The van der Waals surface area contributed by atoms with Gasteiger partial charge in [0.05, 0.1) is 36.3 Å². The predicted octanol–water partition coefficient (Wildman–Crippen LogP) is 2.29. The Morgan fingerprint density at radius 1 is 0.878 bits per heavy atom. The lowest BCUT2D eigenvalue weighted by molar-refractivity contribution is -0.255. The second-order valence-electron chi connectivity index (χ2n) is 9.13. The molecule has 3 rings (SSSR count). The van der Waals surface area contributed by atoms with Crippen LogP contribution in [0.2, 0.25) is 0 Å². The Morgan fingerprint density at radius 2 is 1.59 bits per heavy atom. The first-order valence-electron chi connectivity index (χ1n) is 13.0. The van der Waals surface area contributed by atoms with Crippen LogP contribution < -0.4 is 24.6 Å². The van der Waals surface area contributed by atoms with E-state index in [1.165, 1.54) is 37.4 Å². The molecule has 0 aliphatic rings. The van der Waals surface area contributed by atoms with E-state index >= 15 is 0 Å². The fourth-order valence-corrected chi connectivity index (χ4v) is 5.03. The Morgan fingerprint density at radius 3 is 2.22 bits per heavy atom. The van der Waals surface area contributed by atoms with Crippen LogP contribution in [0.25, 0.3) is 0 Å². The van der Waals surface area contributed by atoms with Crippen LogP contribution in [-0.4, -0.2) is 51.9 Å². The summed E-state index contributed by atoms with van der Waals surface area (Å²) < 4.78 is 38.1. The first kappa shape index (κ1) is 31.1. The van der Waals surface area contributed by atoms with Gasteiger partial charge < -0.3 is 24.7 Å². The van der Waals surface area contributed by atoms with Crippen LogP contribution in [0.3, 0.4) is 0 Å². The molecule has 2 aromatic carbocycles. The average Bonchev–Trinajstić information content (AvgIpc) is 2.96. The lowest BCUT2D eigenvalue weighted by Crippen LogP contribution is -2.31. The molecule has 0 aliphatic heterocycles. The van der Waals surface area contributed by atoms with Crippen molar-refractivity contribution in [2.75, 3.05) is 20.8 Å². The smallest absolute Gasteiger partial charge is 0.266 e. The van der Waals surface area contributed by atoms with Crippen molar-refractivity contribution in [1.29, 1.82) is 0 Å². The number of carboxylic acids is 1. The van der Waals surface area contributed by atoms with Gasteiger partial charge in [0.15, 0.2) is 11.5 Å². The molecule has 1 aromatic heterocycles. The number of nitrogens with zero attached hydrogens (tertiary/aromatic N) is 1. The topological polar surface area (TPSA) is 164 Å². The molecule has 0 unspecified atom stereocenters. The summed E-state index contributed by atoms with van der Waals surface area (Å²) in [6.07, 6.45) is 4.32. The van der Waals surface area contributed by atoms with Crippen LogP contribution in [0.5, 0.6) is 11.5 Å². The quantitative estimate of drug-likeness (QED) is 0.271. The molecule has 0 saturated heterocycles. The monoisotopic (exact) mass is 582 g/mol. The van der Waals surface area contributed by atoms with Gasteiger partial charge >= 0.3 is 0 Å². The van der Waals surface area contributed by atoms with Gasteiger partial charge in [-0.25, -0.2) is 13.1 Å². The Hall–Kier alpha value is -4.45. The van der Waals surface area contributed by atoms with E-state index < -0.39 is 27.8 Å². The van der Waals surface area contributed by atoms with Crippen molar-refractivity contribution < 1.29 is 37.4 Å². The van der Waals surface area contributed by atoms with E-state index in [1.54, 1.807) is 13.2 Å². The van der Waals surface area contributed by atoms with Gasteiger partial charge in [-0.15, -0.1) is 0 Å². The number of aromatic carboxylic acids is 1.